The second-order valence-corrected chi connectivity index (χ2v) is 4.47. The lowest BCUT2D eigenvalue weighted by atomic mass is 10.3. The number of nitrogens with one attached hydrogen (secondary N) is 1. The molecule has 76 valence electrons. The highest BCUT2D eigenvalue weighted by Gasteiger charge is 2.02. The lowest BCUT2D eigenvalue weighted by Crippen LogP contribution is -2.08. The zero-order valence-corrected chi connectivity index (χ0v) is 10.3. The third-order valence-corrected chi connectivity index (χ3v) is 2.97. The minimum absolute atomic E-state index is 0.187. The highest BCUT2D eigenvalue weighted by Crippen LogP contribution is 2.09. The van der Waals surface area contributed by atoms with E-state index in [-0.39, 0.29) is 5.56 Å². The fourth-order valence-electron chi connectivity index (χ4n) is 0.894. The van der Waals surface area contributed by atoms with Crippen molar-refractivity contribution in [3.8, 4) is 0 Å². The number of aromatic nitrogens is 2. The van der Waals surface area contributed by atoms with Crippen molar-refractivity contribution < 1.29 is 0 Å². The summed E-state index contributed by atoms with van der Waals surface area (Å²) in [5.41, 5.74) is 0.876. The Labute approximate surface area is 96.0 Å². The van der Waals surface area contributed by atoms with Crippen molar-refractivity contribution in [1.82, 2.24) is 9.97 Å². The van der Waals surface area contributed by atoms with Crippen molar-refractivity contribution >= 4 is 34.5 Å². The van der Waals surface area contributed by atoms with Crippen LogP contribution in [0.3, 0.4) is 0 Å². The first-order valence-electron chi connectivity index (χ1n) is 4.37. The van der Waals surface area contributed by atoms with Crippen LogP contribution in [-0.2, 0) is 0 Å². The third-order valence-electron chi connectivity index (χ3n) is 1.77. The van der Waals surface area contributed by atoms with Gasteiger partial charge >= 0.3 is 0 Å². The Bertz CT molecular complexity index is 386. The first-order chi connectivity index (χ1) is 6.65. The normalized spacial score (nSPS) is 13.4. The Morgan fingerprint density at radius 3 is 3.07 bits per heavy atom. The fraction of sp³-hybridized carbons (Fsp3) is 0.444. The number of alkyl halides is 1. The van der Waals surface area contributed by atoms with Gasteiger partial charge in [0.15, 0.2) is 0 Å². The van der Waals surface area contributed by atoms with Crippen molar-refractivity contribution in [3.63, 3.8) is 0 Å². The maximum atomic E-state index is 11.3. The predicted molar refractivity (Wildman–Crippen MR) is 65.8 cm³/mol. The molecule has 1 aromatic heterocycles. The number of aryl methyl sites for hydroxylation is 1. The van der Waals surface area contributed by atoms with Gasteiger partial charge in [-0.1, -0.05) is 29.5 Å². The summed E-state index contributed by atoms with van der Waals surface area (Å²) < 4.78 is 0.353. The Hall–Kier alpha value is -0.720. The van der Waals surface area contributed by atoms with Gasteiger partial charge in [-0.05, 0) is 13.3 Å². The molecule has 0 aliphatic heterocycles. The Balaban J connectivity index is 2.97. The van der Waals surface area contributed by atoms with Crippen LogP contribution in [0, 0.1) is 6.92 Å². The summed E-state index contributed by atoms with van der Waals surface area (Å²) >= 11 is 2.27. The molecule has 1 aromatic rings. The second-order valence-electron chi connectivity index (χ2n) is 2.87. The summed E-state index contributed by atoms with van der Waals surface area (Å²) in [5, 5.41) is 0. The molecule has 5 heteroatoms. The summed E-state index contributed by atoms with van der Waals surface area (Å²) in [6.45, 7) is 3.85. The van der Waals surface area contributed by atoms with E-state index in [1.54, 1.807) is 13.1 Å². The molecule has 1 atom stereocenters. The van der Waals surface area contributed by atoms with Crippen LogP contribution >= 0.6 is 22.6 Å². The molecule has 0 aromatic carbocycles. The van der Waals surface area contributed by atoms with Crippen LogP contribution in [0.15, 0.2) is 16.1 Å². The molecule has 4 nitrogen and oxygen atoms in total. The van der Waals surface area contributed by atoms with E-state index < -0.39 is 0 Å². The maximum Gasteiger partial charge on any atom is 0.276 e. The van der Waals surface area contributed by atoms with Crippen LogP contribution in [0.25, 0.3) is 0 Å². The van der Waals surface area contributed by atoms with Crippen LogP contribution in [0.5, 0.6) is 0 Å². The Morgan fingerprint density at radius 2 is 2.50 bits per heavy atom. The van der Waals surface area contributed by atoms with E-state index in [0.29, 0.717) is 15.3 Å². The van der Waals surface area contributed by atoms with Crippen LogP contribution in [-0.4, -0.2) is 20.1 Å². The number of aromatic amines is 1. The van der Waals surface area contributed by atoms with E-state index >= 15 is 0 Å². The smallest absolute Gasteiger partial charge is 0.276 e. The van der Waals surface area contributed by atoms with Crippen LogP contribution < -0.4 is 5.56 Å². The lowest BCUT2D eigenvalue weighted by Gasteiger charge is -1.98. The molecule has 0 aliphatic carbocycles. The lowest BCUT2D eigenvalue weighted by molar-refractivity contribution is 1.04. The monoisotopic (exact) mass is 305 g/mol. The van der Waals surface area contributed by atoms with Gasteiger partial charge < -0.3 is 4.98 Å². The van der Waals surface area contributed by atoms with E-state index in [1.165, 1.54) is 6.33 Å². The number of hydrogen-bond acceptors (Lipinski definition) is 3. The number of hydrogen-bond donors (Lipinski definition) is 1. The molecular formula is C9H12IN3O. The quantitative estimate of drug-likeness (QED) is 0.527. The summed E-state index contributed by atoms with van der Waals surface area (Å²) in [5.74, 6) is 0. The Kier molecular flexibility index (Phi) is 4.24. The van der Waals surface area contributed by atoms with Gasteiger partial charge in [0.1, 0.15) is 5.69 Å². The number of halogens is 1. The average molecular weight is 305 g/mol. The molecular weight excluding hydrogens is 293 g/mol. The highest BCUT2D eigenvalue weighted by atomic mass is 127. The van der Waals surface area contributed by atoms with Gasteiger partial charge in [-0.3, -0.25) is 9.79 Å². The predicted octanol–water partition coefficient (Wildman–Crippen LogP) is 1.99. The number of aliphatic imine (C=N–C) groups is 1. The molecule has 1 N–H and O–H groups in total. The van der Waals surface area contributed by atoms with E-state index in [0.717, 1.165) is 6.42 Å². The van der Waals surface area contributed by atoms with Crippen LogP contribution in [0.2, 0.25) is 0 Å². The number of rotatable bonds is 3. The number of nitrogens with zero attached hydrogens (tertiary/aromatic N) is 2. The number of H-pyrrole nitrogens is 1. The van der Waals surface area contributed by atoms with Gasteiger partial charge in [-0.15, -0.1) is 0 Å². The summed E-state index contributed by atoms with van der Waals surface area (Å²) in [6, 6.07) is 0. The first kappa shape index (κ1) is 11.4. The highest BCUT2D eigenvalue weighted by molar-refractivity contribution is 14.1. The molecule has 0 saturated carbocycles. The van der Waals surface area contributed by atoms with Crippen molar-refractivity contribution in [2.24, 2.45) is 4.99 Å². The van der Waals surface area contributed by atoms with E-state index in [1.807, 2.05) is 0 Å². The van der Waals surface area contributed by atoms with Crippen LogP contribution in [0.1, 0.15) is 19.0 Å². The van der Waals surface area contributed by atoms with Crippen molar-refractivity contribution in [2.75, 3.05) is 0 Å². The van der Waals surface area contributed by atoms with E-state index in [9.17, 15) is 4.79 Å². The molecule has 0 bridgehead atoms. The molecule has 0 radical (unpaired) electrons. The average Bonchev–Trinajstić information content (AvgIpc) is 2.16. The van der Waals surface area contributed by atoms with Crippen LogP contribution in [0.4, 0.5) is 5.69 Å². The fourth-order valence-corrected chi connectivity index (χ4v) is 1.06. The third kappa shape index (κ3) is 2.90. The van der Waals surface area contributed by atoms with Crippen molar-refractivity contribution in [3.05, 3.63) is 22.4 Å². The standard InChI is InChI=1S/C9H12IN3O/c1-3-7(10)4-11-8-6(2)12-5-13-9(8)14/h4-5,7H,3H2,1-2H3,(H,12,13,14)/b11-4-/t7-/m1/s1. The molecule has 0 unspecified atom stereocenters. The van der Waals surface area contributed by atoms with Gasteiger partial charge in [0, 0.05) is 10.1 Å². The minimum Gasteiger partial charge on any atom is -0.311 e. The summed E-state index contributed by atoms with van der Waals surface area (Å²) in [4.78, 5) is 21.9. The van der Waals surface area contributed by atoms with E-state index in [4.69, 9.17) is 0 Å². The molecule has 0 aliphatic rings. The zero-order valence-electron chi connectivity index (χ0n) is 8.12. The van der Waals surface area contributed by atoms with Gasteiger partial charge in [-0.25, -0.2) is 4.98 Å². The SMILES string of the molecule is CC[C@@H](I)/C=N\c1c(C)nc[nH]c1=O. The second kappa shape index (κ2) is 5.23. The Morgan fingerprint density at radius 1 is 1.79 bits per heavy atom. The van der Waals surface area contributed by atoms with E-state index in [2.05, 4.69) is 44.5 Å². The molecule has 0 saturated heterocycles. The van der Waals surface area contributed by atoms with Gasteiger partial charge in [-0.2, -0.15) is 0 Å². The summed E-state index contributed by atoms with van der Waals surface area (Å²) in [7, 11) is 0. The van der Waals surface area contributed by atoms with Gasteiger partial charge in [0.2, 0.25) is 0 Å². The maximum absolute atomic E-state index is 11.3. The minimum atomic E-state index is -0.187. The van der Waals surface area contributed by atoms with Crippen molar-refractivity contribution in [1.29, 1.82) is 0 Å². The molecule has 1 heterocycles. The van der Waals surface area contributed by atoms with Crippen molar-refractivity contribution in [2.45, 2.75) is 24.2 Å². The first-order valence-corrected chi connectivity index (χ1v) is 5.62. The molecule has 14 heavy (non-hydrogen) atoms. The molecule has 0 amide bonds. The summed E-state index contributed by atoms with van der Waals surface area (Å²) in [6.07, 6.45) is 4.17. The van der Waals surface area contributed by atoms with Gasteiger partial charge in [0.25, 0.3) is 5.56 Å². The molecule has 1 rings (SSSR count). The largest absolute Gasteiger partial charge is 0.311 e. The van der Waals surface area contributed by atoms with Gasteiger partial charge in [0.05, 0.1) is 12.0 Å². The molecule has 0 fully saturated rings. The zero-order chi connectivity index (χ0) is 10.6. The molecule has 0 spiro atoms. The topological polar surface area (TPSA) is 58.1 Å².